The molecule has 0 aliphatic heterocycles. The van der Waals surface area contributed by atoms with Crippen LogP contribution >= 0.6 is 11.3 Å². The van der Waals surface area contributed by atoms with E-state index in [4.69, 9.17) is 0 Å². The summed E-state index contributed by atoms with van der Waals surface area (Å²) in [4.78, 5) is 2.65. The van der Waals surface area contributed by atoms with E-state index in [1.807, 2.05) is 24.3 Å². The zero-order valence-corrected chi connectivity index (χ0v) is 10.5. The average Bonchev–Trinajstić information content (AvgIpc) is 2.65. The van der Waals surface area contributed by atoms with Crippen LogP contribution in [0.1, 0.15) is 28.3 Å². The largest absolute Gasteiger partial charge is 0.361 e. The van der Waals surface area contributed by atoms with E-state index in [9.17, 15) is 0 Å². The van der Waals surface area contributed by atoms with Gasteiger partial charge in [0.05, 0.1) is 12.2 Å². The molecule has 0 saturated heterocycles. The zero-order valence-electron chi connectivity index (χ0n) is 9.69. The fourth-order valence-corrected chi connectivity index (χ4v) is 2.39. The lowest BCUT2D eigenvalue weighted by atomic mass is 10.2. The van der Waals surface area contributed by atoms with Gasteiger partial charge < -0.3 is 5.32 Å². The molecule has 0 radical (unpaired) electrons. The van der Waals surface area contributed by atoms with E-state index in [0.717, 1.165) is 11.4 Å². The molecular formula is C12H15N3S. The van der Waals surface area contributed by atoms with Crippen molar-refractivity contribution in [2.24, 2.45) is 0 Å². The van der Waals surface area contributed by atoms with E-state index in [0.29, 0.717) is 0 Å². The van der Waals surface area contributed by atoms with Crippen molar-refractivity contribution in [3.05, 3.63) is 39.7 Å². The number of aromatic nitrogens is 2. The van der Waals surface area contributed by atoms with Crippen molar-refractivity contribution in [3.63, 3.8) is 0 Å². The molecule has 2 rings (SSSR count). The summed E-state index contributed by atoms with van der Waals surface area (Å²) in [5.74, 6) is 0.832. The number of hydrogen-bond donors (Lipinski definition) is 1. The molecule has 0 fully saturated rings. The SMILES string of the molecule is Cc1cnnc(NC(C)c2ccc(C)s2)c1. The van der Waals surface area contributed by atoms with Crippen molar-refractivity contribution in [1.82, 2.24) is 10.2 Å². The van der Waals surface area contributed by atoms with Gasteiger partial charge in [0.25, 0.3) is 0 Å². The first-order chi connectivity index (χ1) is 7.65. The van der Waals surface area contributed by atoms with E-state index in [1.54, 1.807) is 6.20 Å². The third-order valence-corrected chi connectivity index (χ3v) is 3.53. The minimum absolute atomic E-state index is 0.273. The third-order valence-electron chi connectivity index (χ3n) is 2.34. The van der Waals surface area contributed by atoms with Crippen LogP contribution in [0.3, 0.4) is 0 Å². The normalized spacial score (nSPS) is 12.4. The predicted molar refractivity (Wildman–Crippen MR) is 67.9 cm³/mol. The van der Waals surface area contributed by atoms with Gasteiger partial charge in [0.1, 0.15) is 5.82 Å². The Morgan fingerprint density at radius 3 is 2.75 bits per heavy atom. The van der Waals surface area contributed by atoms with Gasteiger partial charge in [-0.2, -0.15) is 5.10 Å². The van der Waals surface area contributed by atoms with Gasteiger partial charge in [-0.1, -0.05) is 0 Å². The second-order valence-electron chi connectivity index (χ2n) is 3.93. The van der Waals surface area contributed by atoms with Crippen molar-refractivity contribution in [2.45, 2.75) is 26.8 Å². The molecule has 0 aromatic carbocycles. The second kappa shape index (κ2) is 4.61. The molecular weight excluding hydrogens is 218 g/mol. The lowest BCUT2D eigenvalue weighted by Crippen LogP contribution is -2.07. The van der Waals surface area contributed by atoms with E-state index < -0.39 is 0 Å². The Labute approximate surface area is 99.5 Å². The Bertz CT molecular complexity index is 479. The van der Waals surface area contributed by atoms with Gasteiger partial charge >= 0.3 is 0 Å². The van der Waals surface area contributed by atoms with Crippen LogP contribution in [0, 0.1) is 13.8 Å². The Kier molecular flexibility index (Phi) is 3.19. The third kappa shape index (κ3) is 2.58. The van der Waals surface area contributed by atoms with Gasteiger partial charge in [0.2, 0.25) is 0 Å². The van der Waals surface area contributed by atoms with Crippen LogP contribution in [0.4, 0.5) is 5.82 Å². The molecule has 0 aliphatic rings. The van der Waals surface area contributed by atoms with Crippen LogP contribution < -0.4 is 5.32 Å². The van der Waals surface area contributed by atoms with Crippen molar-refractivity contribution in [2.75, 3.05) is 5.32 Å². The number of thiophene rings is 1. The van der Waals surface area contributed by atoms with Crippen LogP contribution in [-0.4, -0.2) is 10.2 Å². The molecule has 4 heteroatoms. The molecule has 16 heavy (non-hydrogen) atoms. The second-order valence-corrected chi connectivity index (χ2v) is 5.25. The maximum atomic E-state index is 4.06. The van der Waals surface area contributed by atoms with Crippen molar-refractivity contribution >= 4 is 17.2 Å². The van der Waals surface area contributed by atoms with Gasteiger partial charge in [-0.25, -0.2) is 0 Å². The number of anilines is 1. The molecule has 1 atom stereocenters. The fraction of sp³-hybridized carbons (Fsp3) is 0.333. The Balaban J connectivity index is 2.10. The zero-order chi connectivity index (χ0) is 11.5. The minimum Gasteiger partial charge on any atom is -0.361 e. The quantitative estimate of drug-likeness (QED) is 0.883. The van der Waals surface area contributed by atoms with Crippen molar-refractivity contribution < 1.29 is 0 Å². The summed E-state index contributed by atoms with van der Waals surface area (Å²) < 4.78 is 0. The van der Waals surface area contributed by atoms with Crippen LogP contribution in [-0.2, 0) is 0 Å². The summed E-state index contributed by atoms with van der Waals surface area (Å²) >= 11 is 1.81. The molecule has 0 spiro atoms. The fourth-order valence-electron chi connectivity index (χ4n) is 1.51. The maximum Gasteiger partial charge on any atom is 0.149 e. The van der Waals surface area contributed by atoms with Crippen LogP contribution in [0.5, 0.6) is 0 Å². The predicted octanol–water partition coefficient (Wildman–Crippen LogP) is 3.33. The molecule has 3 nitrogen and oxygen atoms in total. The van der Waals surface area contributed by atoms with Crippen molar-refractivity contribution in [1.29, 1.82) is 0 Å². The number of nitrogens with one attached hydrogen (secondary N) is 1. The van der Waals surface area contributed by atoms with E-state index >= 15 is 0 Å². The standard InChI is InChI=1S/C12H15N3S/c1-8-6-12(15-13-7-8)14-10(3)11-5-4-9(2)16-11/h4-7,10H,1-3H3,(H,14,15). The van der Waals surface area contributed by atoms with E-state index in [1.165, 1.54) is 9.75 Å². The molecule has 2 aromatic heterocycles. The number of nitrogens with zero attached hydrogens (tertiary/aromatic N) is 2. The topological polar surface area (TPSA) is 37.8 Å². The van der Waals surface area contributed by atoms with E-state index in [-0.39, 0.29) is 6.04 Å². The number of hydrogen-bond acceptors (Lipinski definition) is 4. The molecule has 84 valence electrons. The molecule has 0 amide bonds. The summed E-state index contributed by atoms with van der Waals surface area (Å²) in [5.41, 5.74) is 1.12. The van der Waals surface area contributed by atoms with Crippen LogP contribution in [0.2, 0.25) is 0 Å². The molecule has 0 aliphatic carbocycles. The molecule has 0 saturated carbocycles. The first-order valence-electron chi connectivity index (χ1n) is 5.27. The summed E-state index contributed by atoms with van der Waals surface area (Å²) in [6.45, 7) is 6.27. The summed E-state index contributed by atoms with van der Waals surface area (Å²) in [5, 5.41) is 11.3. The Morgan fingerprint density at radius 1 is 1.31 bits per heavy atom. The van der Waals surface area contributed by atoms with Gasteiger partial charge in [-0.3, -0.25) is 0 Å². The lowest BCUT2D eigenvalue weighted by molar-refractivity contribution is 0.876. The summed E-state index contributed by atoms with van der Waals surface area (Å²) in [6, 6.07) is 6.57. The van der Waals surface area contributed by atoms with Crippen LogP contribution in [0.15, 0.2) is 24.4 Å². The number of aryl methyl sites for hydroxylation is 2. The Morgan fingerprint density at radius 2 is 2.12 bits per heavy atom. The molecule has 2 aromatic rings. The number of rotatable bonds is 3. The van der Waals surface area contributed by atoms with Crippen molar-refractivity contribution in [3.8, 4) is 0 Å². The highest BCUT2D eigenvalue weighted by molar-refractivity contribution is 7.12. The molecule has 0 bridgehead atoms. The minimum atomic E-state index is 0.273. The molecule has 1 N–H and O–H groups in total. The first-order valence-corrected chi connectivity index (χ1v) is 6.09. The monoisotopic (exact) mass is 233 g/mol. The highest BCUT2D eigenvalue weighted by atomic mass is 32.1. The Hall–Kier alpha value is -1.42. The summed E-state index contributed by atoms with van der Waals surface area (Å²) in [7, 11) is 0. The van der Waals surface area contributed by atoms with Gasteiger partial charge in [0, 0.05) is 9.75 Å². The highest BCUT2D eigenvalue weighted by Gasteiger charge is 2.08. The first kappa shape index (κ1) is 11.1. The summed E-state index contributed by atoms with van der Waals surface area (Å²) in [6.07, 6.45) is 1.76. The molecule has 2 heterocycles. The maximum absolute atomic E-state index is 4.06. The van der Waals surface area contributed by atoms with Gasteiger partial charge in [-0.05, 0) is 44.5 Å². The average molecular weight is 233 g/mol. The van der Waals surface area contributed by atoms with Gasteiger partial charge in [-0.15, -0.1) is 16.4 Å². The smallest absolute Gasteiger partial charge is 0.149 e. The van der Waals surface area contributed by atoms with E-state index in [2.05, 4.69) is 41.5 Å². The lowest BCUT2D eigenvalue weighted by Gasteiger charge is -2.12. The van der Waals surface area contributed by atoms with Gasteiger partial charge in [0.15, 0.2) is 0 Å². The highest BCUT2D eigenvalue weighted by Crippen LogP contribution is 2.24. The van der Waals surface area contributed by atoms with Crippen LogP contribution in [0.25, 0.3) is 0 Å². The molecule has 1 unspecified atom stereocenters.